The second-order valence-corrected chi connectivity index (χ2v) is 5.90. The monoisotopic (exact) mass is 328 g/mol. The lowest BCUT2D eigenvalue weighted by molar-refractivity contribution is -0.146. The van der Waals surface area contributed by atoms with E-state index >= 15 is 0 Å². The summed E-state index contributed by atoms with van der Waals surface area (Å²) in [4.78, 5) is 0. The molecule has 2 aliphatic carbocycles. The Kier molecular flexibility index (Phi) is 3.46. The molecule has 22 heavy (non-hydrogen) atoms. The van der Waals surface area contributed by atoms with Crippen molar-refractivity contribution in [3.05, 3.63) is 17.0 Å². The van der Waals surface area contributed by atoms with Gasteiger partial charge in [-0.05, 0) is 25.7 Å². The molecule has 0 radical (unpaired) electrons. The third-order valence-electron chi connectivity index (χ3n) is 4.37. The summed E-state index contributed by atoms with van der Waals surface area (Å²) in [5, 5.41) is 13.0. The van der Waals surface area contributed by atoms with Gasteiger partial charge in [-0.2, -0.15) is 18.3 Å². The van der Waals surface area contributed by atoms with Crippen molar-refractivity contribution in [3.8, 4) is 0 Å². The van der Waals surface area contributed by atoms with Crippen LogP contribution < -0.4 is 0 Å². The molecule has 0 aromatic carbocycles. The summed E-state index contributed by atoms with van der Waals surface area (Å²) in [6.07, 6.45) is -8.61. The largest absolute Gasteiger partial charge is 0.435 e. The van der Waals surface area contributed by atoms with E-state index in [2.05, 4.69) is 5.10 Å². The molecular formula is C13H14F6N2O. The van der Waals surface area contributed by atoms with Crippen LogP contribution in [0.4, 0.5) is 26.3 Å². The maximum atomic E-state index is 13.6. The Morgan fingerprint density at radius 1 is 1.14 bits per heavy atom. The minimum atomic E-state index is -4.92. The number of fused-ring (bicyclic) bond motifs is 1. The molecular weight excluding hydrogens is 314 g/mol. The molecule has 0 amide bonds. The lowest BCUT2D eigenvalue weighted by atomic mass is 9.94. The van der Waals surface area contributed by atoms with E-state index in [1.54, 1.807) is 0 Å². The summed E-state index contributed by atoms with van der Waals surface area (Å²) < 4.78 is 80.4. The standard InChI is InChI=1S/C13H14F6N2O/c14-6-1-3-7(4-2-6)21-8-5-12(15,16)11(22)9(8)10(20-21)13(17,18)19/h6-7,11,22H,1-5H2/t6-,7-,11-/m0/s1. The van der Waals surface area contributed by atoms with Gasteiger partial charge in [-0.1, -0.05) is 0 Å². The third-order valence-corrected chi connectivity index (χ3v) is 4.37. The van der Waals surface area contributed by atoms with Crippen molar-refractivity contribution in [2.75, 3.05) is 0 Å². The van der Waals surface area contributed by atoms with Crippen LogP contribution in [0, 0.1) is 0 Å². The Bertz CT molecular complexity index is 574. The molecule has 1 aromatic heterocycles. The number of rotatable bonds is 1. The number of hydrogen-bond acceptors (Lipinski definition) is 2. The van der Waals surface area contributed by atoms with Crippen molar-refractivity contribution < 1.29 is 31.4 Å². The zero-order chi connectivity index (χ0) is 16.3. The summed E-state index contributed by atoms with van der Waals surface area (Å²) in [6, 6.07) is -0.544. The maximum Gasteiger partial charge on any atom is 0.435 e. The van der Waals surface area contributed by atoms with Crippen molar-refractivity contribution in [2.24, 2.45) is 0 Å². The predicted octanol–water partition coefficient (Wildman–Crippen LogP) is 3.58. The van der Waals surface area contributed by atoms with Crippen molar-refractivity contribution in [3.63, 3.8) is 0 Å². The second-order valence-electron chi connectivity index (χ2n) is 5.90. The first-order chi connectivity index (χ1) is 10.1. The Labute approximate surface area is 121 Å². The van der Waals surface area contributed by atoms with Gasteiger partial charge in [0, 0.05) is 5.56 Å². The van der Waals surface area contributed by atoms with E-state index in [-0.39, 0.29) is 31.4 Å². The SMILES string of the molecule is O[C@H]1c2c(C(F)(F)F)nn([C@H]3CC[C@H](F)CC3)c2CC1(F)F. The van der Waals surface area contributed by atoms with E-state index in [0.717, 1.165) is 4.68 Å². The van der Waals surface area contributed by atoms with Gasteiger partial charge < -0.3 is 5.11 Å². The normalized spacial score (nSPS) is 31.3. The summed E-state index contributed by atoms with van der Waals surface area (Å²) in [5.74, 6) is -3.65. The van der Waals surface area contributed by atoms with E-state index in [4.69, 9.17) is 0 Å². The van der Waals surface area contributed by atoms with E-state index in [1.165, 1.54) is 0 Å². The lowest BCUT2D eigenvalue weighted by Gasteiger charge is -2.26. The zero-order valence-corrected chi connectivity index (χ0v) is 11.4. The van der Waals surface area contributed by atoms with Crippen LogP contribution in [-0.4, -0.2) is 27.0 Å². The number of aliphatic hydroxyl groups is 1. The fraction of sp³-hybridized carbons (Fsp3) is 0.769. The summed E-state index contributed by atoms with van der Waals surface area (Å²) in [5.41, 5.74) is -2.58. The molecule has 0 spiro atoms. The summed E-state index contributed by atoms with van der Waals surface area (Å²) >= 11 is 0. The maximum absolute atomic E-state index is 13.6. The van der Waals surface area contributed by atoms with E-state index in [1.807, 2.05) is 0 Å². The highest BCUT2D eigenvalue weighted by Crippen LogP contribution is 2.49. The molecule has 3 nitrogen and oxygen atoms in total. The molecule has 1 aromatic rings. The lowest BCUT2D eigenvalue weighted by Crippen LogP contribution is -2.26. The van der Waals surface area contributed by atoms with Gasteiger partial charge in [0.25, 0.3) is 5.92 Å². The van der Waals surface area contributed by atoms with Gasteiger partial charge in [0.2, 0.25) is 0 Å². The highest BCUT2D eigenvalue weighted by Gasteiger charge is 2.55. The van der Waals surface area contributed by atoms with Crippen LogP contribution in [-0.2, 0) is 12.6 Å². The van der Waals surface area contributed by atoms with Crippen LogP contribution in [0.3, 0.4) is 0 Å². The minimum absolute atomic E-state index is 0.166. The number of halogens is 6. The quantitative estimate of drug-likeness (QED) is 0.800. The number of alkyl halides is 6. The van der Waals surface area contributed by atoms with E-state index in [9.17, 15) is 31.4 Å². The Balaban J connectivity index is 2.05. The molecule has 1 atom stereocenters. The van der Waals surface area contributed by atoms with E-state index in [0.29, 0.717) is 0 Å². The number of nitrogens with zero attached hydrogens (tertiary/aromatic N) is 2. The van der Waals surface area contributed by atoms with Crippen molar-refractivity contribution in [2.45, 2.75) is 62.5 Å². The fourth-order valence-corrected chi connectivity index (χ4v) is 3.27. The molecule has 0 aliphatic heterocycles. The van der Waals surface area contributed by atoms with Crippen LogP contribution in [0.1, 0.15) is 54.8 Å². The molecule has 0 saturated heterocycles. The van der Waals surface area contributed by atoms with Gasteiger partial charge in [0.05, 0.1) is 18.2 Å². The first-order valence-corrected chi connectivity index (χ1v) is 6.99. The summed E-state index contributed by atoms with van der Waals surface area (Å²) in [6.45, 7) is 0. The number of hydrogen-bond donors (Lipinski definition) is 1. The van der Waals surface area contributed by atoms with Gasteiger partial charge in [-0.25, -0.2) is 13.2 Å². The average Bonchev–Trinajstić information content (AvgIpc) is 2.86. The number of aromatic nitrogens is 2. The Morgan fingerprint density at radius 3 is 2.27 bits per heavy atom. The molecule has 1 heterocycles. The van der Waals surface area contributed by atoms with Gasteiger partial charge in [0.1, 0.15) is 12.3 Å². The average molecular weight is 328 g/mol. The van der Waals surface area contributed by atoms with Crippen LogP contribution in [0.5, 0.6) is 0 Å². The summed E-state index contributed by atoms with van der Waals surface area (Å²) in [7, 11) is 0. The molecule has 1 N–H and O–H groups in total. The topological polar surface area (TPSA) is 38.1 Å². The Morgan fingerprint density at radius 2 is 1.73 bits per heavy atom. The minimum Gasteiger partial charge on any atom is -0.382 e. The molecule has 2 aliphatic rings. The van der Waals surface area contributed by atoms with E-state index < -0.39 is 48.1 Å². The van der Waals surface area contributed by atoms with Gasteiger partial charge in [0.15, 0.2) is 5.69 Å². The van der Waals surface area contributed by atoms with Crippen LogP contribution in [0.15, 0.2) is 0 Å². The number of aliphatic hydroxyl groups excluding tert-OH is 1. The van der Waals surface area contributed by atoms with Crippen molar-refractivity contribution in [1.82, 2.24) is 9.78 Å². The van der Waals surface area contributed by atoms with Gasteiger partial charge in [-0.15, -0.1) is 0 Å². The molecule has 1 fully saturated rings. The molecule has 0 bridgehead atoms. The van der Waals surface area contributed by atoms with Crippen LogP contribution >= 0.6 is 0 Å². The third kappa shape index (κ3) is 2.39. The Hall–Kier alpha value is -1.25. The van der Waals surface area contributed by atoms with Gasteiger partial charge >= 0.3 is 6.18 Å². The highest BCUT2D eigenvalue weighted by molar-refractivity contribution is 5.38. The predicted molar refractivity (Wildman–Crippen MR) is 63.2 cm³/mol. The van der Waals surface area contributed by atoms with Crippen molar-refractivity contribution >= 4 is 0 Å². The highest BCUT2D eigenvalue weighted by atomic mass is 19.4. The molecule has 0 unspecified atom stereocenters. The molecule has 124 valence electrons. The van der Waals surface area contributed by atoms with Crippen LogP contribution in [0.2, 0.25) is 0 Å². The molecule has 9 heteroatoms. The fourth-order valence-electron chi connectivity index (χ4n) is 3.27. The second kappa shape index (κ2) is 4.87. The smallest absolute Gasteiger partial charge is 0.382 e. The first kappa shape index (κ1) is 15.6. The van der Waals surface area contributed by atoms with Crippen LogP contribution in [0.25, 0.3) is 0 Å². The van der Waals surface area contributed by atoms with Crippen molar-refractivity contribution in [1.29, 1.82) is 0 Å². The van der Waals surface area contributed by atoms with Gasteiger partial charge in [-0.3, -0.25) is 4.68 Å². The first-order valence-electron chi connectivity index (χ1n) is 6.99. The molecule has 1 saturated carbocycles. The molecule has 3 rings (SSSR count). The zero-order valence-electron chi connectivity index (χ0n) is 11.4.